The Hall–Kier alpha value is 0.770. The minimum Gasteiger partial charge on any atom is -0.481 e. The van der Waals surface area contributed by atoms with Gasteiger partial charge in [-0.3, -0.25) is 4.79 Å². The molecule has 4 heteroatoms. The van der Waals surface area contributed by atoms with Crippen LogP contribution in [0.5, 0.6) is 0 Å². The second-order valence-corrected chi connectivity index (χ2v) is 0.747. The fourth-order valence-corrected chi connectivity index (χ4v) is 0. The molecule has 0 radical (unpaired) electrons. The summed E-state index contributed by atoms with van der Waals surface area (Å²) in [4.78, 5) is 9.37. The molecular weight excluding hydrogens is 277 g/mol. The van der Waals surface area contributed by atoms with E-state index in [-0.39, 0.29) is 42.2 Å². The van der Waals surface area contributed by atoms with Gasteiger partial charge in [-0.2, -0.15) is 9.90 Å². The number of hydrogen-bond acceptors (Lipinski definition) is 1. The average Bonchev–Trinajstić information content (AvgIpc) is 1.38. The van der Waals surface area contributed by atoms with E-state index >= 15 is 0 Å². The summed E-state index contributed by atoms with van der Waals surface area (Å²) in [5, 5.41) is 7.72. The van der Waals surface area contributed by atoms with E-state index in [1.807, 2.05) is 0 Å². The van der Waals surface area contributed by atoms with Crippen molar-refractivity contribution in [2.24, 2.45) is 0 Å². The van der Waals surface area contributed by atoms with Crippen molar-refractivity contribution >= 4 is 15.9 Å². The SMILES string of the molecule is CCC(=O)O.P.[Hf]. The third-order valence-electron chi connectivity index (χ3n) is 0.302. The van der Waals surface area contributed by atoms with E-state index in [1.165, 1.54) is 0 Å². The first kappa shape index (κ1) is 15.7. The van der Waals surface area contributed by atoms with Gasteiger partial charge >= 0.3 is 5.97 Å². The van der Waals surface area contributed by atoms with Crippen LogP contribution in [0, 0.1) is 0 Å². The zero-order valence-electron chi connectivity index (χ0n) is 4.27. The van der Waals surface area contributed by atoms with E-state index in [0.29, 0.717) is 0 Å². The molecule has 0 aromatic heterocycles. The van der Waals surface area contributed by atoms with Crippen LogP contribution >= 0.6 is 9.90 Å². The molecule has 0 rings (SSSR count). The summed E-state index contributed by atoms with van der Waals surface area (Å²) in [5.41, 5.74) is 0. The van der Waals surface area contributed by atoms with Crippen molar-refractivity contribution in [2.75, 3.05) is 0 Å². The van der Waals surface area contributed by atoms with Crippen molar-refractivity contribution in [2.45, 2.75) is 13.3 Å². The minimum absolute atomic E-state index is 0. The summed E-state index contributed by atoms with van der Waals surface area (Å²) < 4.78 is 0. The quantitative estimate of drug-likeness (QED) is 0.564. The Morgan fingerprint density at radius 2 is 1.86 bits per heavy atom. The van der Waals surface area contributed by atoms with Crippen molar-refractivity contribution in [3.8, 4) is 0 Å². The maximum absolute atomic E-state index is 9.37. The van der Waals surface area contributed by atoms with Gasteiger partial charge in [0.2, 0.25) is 0 Å². The molecule has 0 aliphatic rings. The van der Waals surface area contributed by atoms with Gasteiger partial charge in [0.15, 0.2) is 0 Å². The van der Waals surface area contributed by atoms with Crippen LogP contribution < -0.4 is 0 Å². The van der Waals surface area contributed by atoms with Gasteiger partial charge in [0.25, 0.3) is 0 Å². The topological polar surface area (TPSA) is 37.3 Å². The van der Waals surface area contributed by atoms with E-state index in [1.54, 1.807) is 6.92 Å². The van der Waals surface area contributed by atoms with Crippen molar-refractivity contribution in [3.05, 3.63) is 0 Å². The molecule has 1 unspecified atom stereocenters. The predicted molar refractivity (Wildman–Crippen MR) is 29.0 cm³/mol. The first-order valence-electron chi connectivity index (χ1n) is 1.49. The summed E-state index contributed by atoms with van der Waals surface area (Å²) >= 11 is 0. The van der Waals surface area contributed by atoms with E-state index in [0.717, 1.165) is 0 Å². The smallest absolute Gasteiger partial charge is 0.303 e. The molecule has 0 aromatic carbocycles. The fourth-order valence-electron chi connectivity index (χ4n) is 0. The third-order valence-corrected chi connectivity index (χ3v) is 0.302. The minimum atomic E-state index is -0.745. The van der Waals surface area contributed by atoms with E-state index < -0.39 is 5.97 Å². The van der Waals surface area contributed by atoms with Crippen molar-refractivity contribution in [1.29, 1.82) is 0 Å². The van der Waals surface area contributed by atoms with Gasteiger partial charge in [0, 0.05) is 32.3 Å². The van der Waals surface area contributed by atoms with E-state index in [9.17, 15) is 4.79 Å². The monoisotopic (exact) mass is 288 g/mol. The van der Waals surface area contributed by atoms with Gasteiger partial charge in [0.1, 0.15) is 0 Å². The fraction of sp³-hybridized carbons (Fsp3) is 0.667. The number of hydrogen-bond donors (Lipinski definition) is 1. The van der Waals surface area contributed by atoms with E-state index in [4.69, 9.17) is 5.11 Å². The van der Waals surface area contributed by atoms with E-state index in [2.05, 4.69) is 0 Å². The standard InChI is InChI=1S/C3H6O2.Hf.H3P/c1-2-3(4)5;;/h2H2,1H3,(H,4,5);;1H3. The largest absolute Gasteiger partial charge is 0.481 e. The van der Waals surface area contributed by atoms with Crippen LogP contribution in [0.4, 0.5) is 0 Å². The number of carboxylic acid groups (broad SMARTS) is 1. The van der Waals surface area contributed by atoms with Crippen LogP contribution in [0.25, 0.3) is 0 Å². The maximum Gasteiger partial charge on any atom is 0.303 e. The molecule has 0 aromatic rings. The molecular formula is C3H9HfO2P. The zero-order chi connectivity index (χ0) is 4.28. The molecule has 0 amide bonds. The Kier molecular flexibility index (Phi) is 22.1. The van der Waals surface area contributed by atoms with Crippen LogP contribution in [0.1, 0.15) is 13.3 Å². The van der Waals surface area contributed by atoms with Crippen molar-refractivity contribution in [3.63, 3.8) is 0 Å². The summed E-state index contributed by atoms with van der Waals surface area (Å²) in [5.74, 6) is -0.745. The number of aliphatic carboxylic acids is 1. The molecule has 0 fully saturated rings. The van der Waals surface area contributed by atoms with Crippen LogP contribution in [0.3, 0.4) is 0 Å². The second-order valence-electron chi connectivity index (χ2n) is 0.747. The molecule has 0 heterocycles. The molecule has 0 bridgehead atoms. The molecule has 0 aliphatic heterocycles. The number of carbonyl (C=O) groups is 1. The first-order valence-corrected chi connectivity index (χ1v) is 1.49. The molecule has 0 spiro atoms. The van der Waals surface area contributed by atoms with Gasteiger partial charge in [-0.05, 0) is 0 Å². The normalized spacial score (nSPS) is 5.29. The van der Waals surface area contributed by atoms with Crippen LogP contribution in [-0.4, -0.2) is 11.1 Å². The number of carboxylic acids is 1. The second kappa shape index (κ2) is 9.91. The van der Waals surface area contributed by atoms with Gasteiger partial charge in [-0.25, -0.2) is 0 Å². The molecule has 7 heavy (non-hydrogen) atoms. The molecule has 0 aliphatic carbocycles. The van der Waals surface area contributed by atoms with Crippen LogP contribution in [0.2, 0.25) is 0 Å². The van der Waals surface area contributed by atoms with Crippen molar-refractivity contribution in [1.82, 2.24) is 0 Å². The van der Waals surface area contributed by atoms with Crippen LogP contribution in [0.15, 0.2) is 0 Å². The third kappa shape index (κ3) is 20.1. The summed E-state index contributed by atoms with van der Waals surface area (Å²) in [6.45, 7) is 1.60. The van der Waals surface area contributed by atoms with Gasteiger partial charge in [-0.15, -0.1) is 0 Å². The molecule has 2 nitrogen and oxygen atoms in total. The Morgan fingerprint density at radius 3 is 1.86 bits per heavy atom. The Balaban J connectivity index is -0.0000000800. The Labute approximate surface area is 65.1 Å². The van der Waals surface area contributed by atoms with Crippen LogP contribution in [-0.2, 0) is 30.6 Å². The van der Waals surface area contributed by atoms with Gasteiger partial charge in [0.05, 0.1) is 0 Å². The van der Waals surface area contributed by atoms with Gasteiger partial charge < -0.3 is 5.11 Å². The summed E-state index contributed by atoms with van der Waals surface area (Å²) in [6.07, 6.45) is 0.222. The van der Waals surface area contributed by atoms with Gasteiger partial charge in [-0.1, -0.05) is 6.92 Å². The molecule has 42 valence electrons. The zero-order valence-corrected chi connectivity index (χ0v) is 9.28. The molecule has 0 saturated heterocycles. The molecule has 1 N–H and O–H groups in total. The predicted octanol–water partition coefficient (Wildman–Crippen LogP) is 0.537. The first-order chi connectivity index (χ1) is 2.27. The molecule has 0 saturated carbocycles. The maximum atomic E-state index is 9.37. The molecule has 1 atom stereocenters. The summed E-state index contributed by atoms with van der Waals surface area (Å²) in [7, 11) is 0. The number of rotatable bonds is 1. The Bertz CT molecular complexity index is 48.2. The Morgan fingerprint density at radius 1 is 1.71 bits per heavy atom. The average molecular weight is 287 g/mol. The summed E-state index contributed by atoms with van der Waals surface area (Å²) in [6, 6.07) is 0. The van der Waals surface area contributed by atoms with Crippen molar-refractivity contribution < 1.29 is 35.7 Å².